The van der Waals surface area contributed by atoms with Crippen LogP contribution in [0.5, 0.6) is 5.75 Å². The molecular weight excluding hydrogens is 932 g/mol. The van der Waals surface area contributed by atoms with Crippen LogP contribution in [0.15, 0.2) is 35.9 Å². The number of likely N-dealkylation sites (N-methyl/N-ethyl adjacent to an activating group) is 1. The molecule has 3 fully saturated rings. The molecule has 1 aromatic rings. The van der Waals surface area contributed by atoms with Crippen LogP contribution in [0.2, 0.25) is 5.02 Å². The zero-order valence-corrected chi connectivity index (χ0v) is 42.1. The number of aliphatic hydroxyl groups is 1. The number of nitrogens with one attached hydrogen (secondary N) is 1. The van der Waals surface area contributed by atoms with Gasteiger partial charge in [-0.2, -0.15) is 0 Å². The maximum absolute atomic E-state index is 14.3. The number of epoxide rings is 1. The van der Waals surface area contributed by atoms with Gasteiger partial charge in [-0.15, -0.1) is 5.06 Å². The van der Waals surface area contributed by atoms with Crippen LogP contribution in [0.1, 0.15) is 98.5 Å². The van der Waals surface area contributed by atoms with Crippen LogP contribution in [0, 0.1) is 5.92 Å². The molecule has 21 heteroatoms. The normalized spacial score (nSPS) is 28.6. The third kappa shape index (κ3) is 13.3. The van der Waals surface area contributed by atoms with E-state index in [1.807, 2.05) is 26.8 Å². The van der Waals surface area contributed by atoms with E-state index in [2.05, 4.69) is 5.32 Å². The second kappa shape index (κ2) is 22.4. The Labute approximate surface area is 404 Å². The lowest BCUT2D eigenvalue weighted by Gasteiger charge is -2.42. The van der Waals surface area contributed by atoms with E-state index >= 15 is 0 Å². The molecule has 0 aliphatic carbocycles. The minimum Gasteiger partial charge on any atom is -0.495 e. The number of carbonyl (C=O) groups excluding carboxylic acids is 7. The molecule has 4 heterocycles. The Morgan fingerprint density at radius 1 is 1.10 bits per heavy atom. The second-order valence-corrected chi connectivity index (χ2v) is 21.7. The van der Waals surface area contributed by atoms with Crippen LogP contribution in [-0.4, -0.2) is 137 Å². The highest BCUT2D eigenvalue weighted by Gasteiger charge is 2.64. The molecule has 4 aliphatic heterocycles. The Kier molecular flexibility index (Phi) is 17.9. The number of hydroxylamine groups is 2. The van der Waals surface area contributed by atoms with Gasteiger partial charge in [-0.1, -0.05) is 63.9 Å². The van der Waals surface area contributed by atoms with Crippen molar-refractivity contribution < 1.29 is 67.2 Å². The van der Waals surface area contributed by atoms with Gasteiger partial charge in [-0.25, -0.2) is 14.4 Å². The summed E-state index contributed by atoms with van der Waals surface area (Å²) in [5, 5.41) is 15.1. The van der Waals surface area contributed by atoms with E-state index in [4.69, 9.17) is 40.1 Å². The molecule has 0 radical (unpaired) electrons. The zero-order valence-electron chi connectivity index (χ0n) is 39.7. The van der Waals surface area contributed by atoms with Crippen molar-refractivity contribution in [2.24, 2.45) is 5.92 Å². The monoisotopic (exact) mass is 994 g/mol. The highest BCUT2D eigenvalue weighted by molar-refractivity contribution is 8.77. The maximum atomic E-state index is 14.3. The van der Waals surface area contributed by atoms with E-state index in [-0.39, 0.29) is 54.2 Å². The number of esters is 1. The predicted molar refractivity (Wildman–Crippen MR) is 251 cm³/mol. The van der Waals surface area contributed by atoms with Crippen LogP contribution in [0.4, 0.5) is 10.5 Å². The van der Waals surface area contributed by atoms with Gasteiger partial charge in [0.25, 0.3) is 11.8 Å². The molecule has 18 nitrogen and oxygen atoms in total. The van der Waals surface area contributed by atoms with Gasteiger partial charge < -0.3 is 43.4 Å². The van der Waals surface area contributed by atoms with Crippen LogP contribution >= 0.6 is 33.2 Å². The van der Waals surface area contributed by atoms with Crippen molar-refractivity contribution in [3.63, 3.8) is 0 Å². The van der Waals surface area contributed by atoms with E-state index in [1.54, 1.807) is 56.0 Å². The minimum atomic E-state index is -1.86. The number of fused-ring (bicyclic) bond motifs is 5. The largest absolute Gasteiger partial charge is 0.495 e. The van der Waals surface area contributed by atoms with Crippen molar-refractivity contribution in [3.8, 4) is 5.75 Å². The number of benzene rings is 1. The summed E-state index contributed by atoms with van der Waals surface area (Å²) in [5.41, 5.74) is -1.09. The number of methoxy groups -OCH3 is 2. The molecule has 370 valence electrons. The van der Waals surface area contributed by atoms with E-state index < -0.39 is 83.5 Å². The van der Waals surface area contributed by atoms with E-state index in [9.17, 15) is 38.7 Å². The average Bonchev–Trinajstić information content (AvgIpc) is 3.88. The molecule has 5 rings (SSSR count). The van der Waals surface area contributed by atoms with Gasteiger partial charge >= 0.3 is 18.0 Å². The first kappa shape index (κ1) is 53.6. The molecule has 0 saturated carbocycles. The van der Waals surface area contributed by atoms with Gasteiger partial charge in [0.15, 0.2) is 5.72 Å². The standard InChI is InChI=1S/C46H63ClN4O14S2/c1-26-13-11-14-33(61-10)46(59)25-32(62-43(58)48-46)27(2)41-45(6,64-41)34(24-38(55)50(8)30-22-29(21-26)23-31(60-9)40(30)47)63-42(57)28(3)49(7)35(52)18-19-44(4,5)67-66-20-12-15-39(56)65-51-36(53)16-17-37(51)54/h11,13-14,22-23,27-28,32-34,41,59H,12,15-21,24-25H2,1-10H3,(H,48,58)/b14-11-,26-13-/t27-,28+,32+,33-,34+,41+,45+,46+/m1/s1. The smallest absolute Gasteiger partial charge is 0.409 e. The highest BCUT2D eigenvalue weighted by Crippen LogP contribution is 2.49. The van der Waals surface area contributed by atoms with Gasteiger partial charge in [-0.05, 0) is 71.6 Å². The molecule has 1 aromatic carbocycles. The third-order valence-electron chi connectivity index (χ3n) is 12.6. The Morgan fingerprint density at radius 3 is 2.45 bits per heavy atom. The van der Waals surface area contributed by atoms with E-state index in [0.29, 0.717) is 41.5 Å². The molecule has 4 bridgehead atoms. The number of nitrogens with zero attached hydrogens (tertiary/aromatic N) is 3. The molecule has 2 N–H and O–H groups in total. The number of anilines is 1. The SMILES string of the molecule is COc1cc2cc(c1Cl)N(C)C(=O)C[C@H](OC(=O)[C@H](C)N(C)C(=O)CCC(C)(C)SSCCCC(=O)ON1C(=O)CCC1=O)[C@]1(C)O[C@H]1[C@H](C)[C@@H]1C[C@@](O)(NC(=O)O1)[C@H](OC)/C=C\C=C(\C)C2. The summed E-state index contributed by atoms with van der Waals surface area (Å²) in [4.78, 5) is 98.1. The minimum absolute atomic E-state index is 0.0240. The van der Waals surface area contributed by atoms with Crippen molar-refractivity contribution in [2.45, 2.75) is 146 Å². The lowest BCUT2D eigenvalue weighted by atomic mass is 9.83. The molecule has 3 saturated heterocycles. The number of imide groups is 1. The third-order valence-corrected chi connectivity index (χ3v) is 16.4. The lowest BCUT2D eigenvalue weighted by Crippen LogP contribution is -2.63. The number of hydrogen-bond donors (Lipinski definition) is 2. The molecule has 8 atom stereocenters. The fourth-order valence-electron chi connectivity index (χ4n) is 8.13. The number of carbonyl (C=O) groups is 7. The summed E-state index contributed by atoms with van der Waals surface area (Å²) in [6.45, 7) is 10.9. The Bertz CT molecular complexity index is 2120. The number of allylic oxidation sites excluding steroid dienone is 3. The fraction of sp³-hybridized carbons (Fsp3) is 0.630. The summed E-state index contributed by atoms with van der Waals surface area (Å²) in [6.07, 6.45) is 1.65. The summed E-state index contributed by atoms with van der Waals surface area (Å²) in [5.74, 6) is -2.94. The Balaban J connectivity index is 1.28. The highest BCUT2D eigenvalue weighted by atomic mass is 35.5. The summed E-state index contributed by atoms with van der Waals surface area (Å²) in [7, 11) is 9.02. The van der Waals surface area contributed by atoms with Crippen molar-refractivity contribution in [1.82, 2.24) is 15.3 Å². The number of hydrogen-bond acceptors (Lipinski definition) is 16. The van der Waals surface area contributed by atoms with E-state index in [1.165, 1.54) is 48.8 Å². The first-order chi connectivity index (χ1) is 31.4. The summed E-state index contributed by atoms with van der Waals surface area (Å²) < 4.78 is 29.1. The van der Waals surface area contributed by atoms with Crippen LogP contribution < -0.4 is 15.0 Å². The second-order valence-electron chi connectivity index (χ2n) is 18.2. The molecule has 5 amide bonds. The van der Waals surface area contributed by atoms with Crippen molar-refractivity contribution in [2.75, 3.05) is 39.0 Å². The van der Waals surface area contributed by atoms with Crippen LogP contribution in [-0.2, 0) is 59.0 Å². The Hall–Kier alpha value is -4.34. The summed E-state index contributed by atoms with van der Waals surface area (Å²) in [6, 6.07) is 2.48. The number of rotatable bonds is 15. The lowest BCUT2D eigenvalue weighted by molar-refractivity contribution is -0.197. The van der Waals surface area contributed by atoms with E-state index in [0.717, 1.165) is 11.1 Å². The first-order valence-electron chi connectivity index (χ1n) is 22.2. The molecule has 4 aliphatic rings. The number of halogens is 1. The van der Waals surface area contributed by atoms with Crippen molar-refractivity contribution in [1.29, 1.82) is 0 Å². The molecule has 0 unspecified atom stereocenters. The number of alkyl carbamates (subject to hydrolysis) is 1. The van der Waals surface area contributed by atoms with Gasteiger partial charge in [0, 0.05) is 69.7 Å². The molecular formula is C46H63ClN4O14S2. The first-order valence-corrected chi connectivity index (χ1v) is 24.8. The number of ether oxygens (including phenoxy) is 5. The molecule has 67 heavy (non-hydrogen) atoms. The maximum Gasteiger partial charge on any atom is 0.409 e. The van der Waals surface area contributed by atoms with Crippen LogP contribution in [0.25, 0.3) is 0 Å². The Morgan fingerprint density at radius 2 is 1.79 bits per heavy atom. The molecule has 0 spiro atoms. The number of amides is 5. The van der Waals surface area contributed by atoms with Crippen molar-refractivity contribution in [3.05, 3.63) is 46.5 Å². The van der Waals surface area contributed by atoms with Gasteiger partial charge in [-0.3, -0.25) is 24.5 Å². The van der Waals surface area contributed by atoms with Gasteiger partial charge in [0.05, 0.1) is 25.3 Å². The topological polar surface area (TPSA) is 220 Å². The van der Waals surface area contributed by atoms with Gasteiger partial charge in [0.2, 0.25) is 11.8 Å². The molecule has 0 aromatic heterocycles. The average molecular weight is 996 g/mol. The predicted octanol–water partition coefficient (Wildman–Crippen LogP) is 5.84. The zero-order chi connectivity index (χ0) is 49.6. The van der Waals surface area contributed by atoms with Gasteiger partial charge in [0.1, 0.15) is 40.7 Å². The van der Waals surface area contributed by atoms with Crippen molar-refractivity contribution >= 4 is 80.5 Å². The fourth-order valence-corrected chi connectivity index (χ4v) is 11.1. The quantitative estimate of drug-likeness (QED) is 0.0693. The van der Waals surface area contributed by atoms with Crippen LogP contribution in [0.3, 0.4) is 0 Å². The summed E-state index contributed by atoms with van der Waals surface area (Å²) >= 11 is 6.81.